The van der Waals surface area contributed by atoms with Gasteiger partial charge < -0.3 is 0 Å². The molecule has 5 rings (SSSR count). The molecule has 0 aromatic rings. The molecule has 2 fully saturated rings. The van der Waals surface area contributed by atoms with E-state index in [2.05, 4.69) is 98.7 Å². The summed E-state index contributed by atoms with van der Waals surface area (Å²) in [5.74, 6) is 36.1. The summed E-state index contributed by atoms with van der Waals surface area (Å²) in [4.78, 5) is 0. The Morgan fingerprint density at radius 3 is 0.971 bits per heavy atom. The van der Waals surface area contributed by atoms with E-state index < -0.39 is 0 Å². The van der Waals surface area contributed by atoms with Crippen LogP contribution in [0.4, 0.5) is 0 Å². The molecule has 4 atom stereocenters. The van der Waals surface area contributed by atoms with E-state index in [1.165, 1.54) is 36.3 Å². The molecule has 0 aromatic carbocycles. The Morgan fingerprint density at radius 1 is 0.500 bits per heavy atom. The van der Waals surface area contributed by atoms with Crippen molar-refractivity contribution in [3.05, 3.63) is 0 Å². The van der Waals surface area contributed by atoms with Gasteiger partial charge in [-0.2, -0.15) is 0 Å². The SMILES string of the molecule is C1#CCCC#CCC1.C[C@@H]1CC[C@@H](C)[P+]1=C1C#CC#C1.C[C@@H]1CC[C@@H](C)[P+]1=C1C#CC#C1.[Fe+2].[Rh]. The van der Waals surface area contributed by atoms with Crippen molar-refractivity contribution < 1.29 is 36.5 Å². The van der Waals surface area contributed by atoms with Crippen LogP contribution in [0.1, 0.15) is 79.1 Å². The molecule has 0 saturated carbocycles. The minimum absolute atomic E-state index is 0. The Kier molecular flexibility index (Phi) is 15.0. The van der Waals surface area contributed by atoms with Crippen LogP contribution in [0.25, 0.3) is 0 Å². The third-order valence-electron chi connectivity index (χ3n) is 6.27. The zero-order chi connectivity index (χ0) is 22.8. The summed E-state index contributed by atoms with van der Waals surface area (Å²) in [5, 5.41) is 2.53. The molecule has 0 spiro atoms. The van der Waals surface area contributed by atoms with E-state index in [4.69, 9.17) is 0 Å². The van der Waals surface area contributed by atoms with E-state index in [0.29, 0.717) is 0 Å². The van der Waals surface area contributed by atoms with Gasteiger partial charge in [-0.15, -0.1) is 23.7 Å². The molecule has 34 heavy (non-hydrogen) atoms. The third-order valence-corrected chi connectivity index (χ3v) is 12.6. The Bertz CT molecular complexity index is 1010. The topological polar surface area (TPSA) is 0 Å². The summed E-state index contributed by atoms with van der Waals surface area (Å²) in [6, 6.07) is 0. The molecule has 2 saturated heterocycles. The Hall–Kier alpha value is -1.16. The second-order valence-corrected chi connectivity index (χ2v) is 14.8. The average Bonchev–Trinajstić information content (AvgIpc) is 3.53. The van der Waals surface area contributed by atoms with Crippen LogP contribution in [0.2, 0.25) is 0 Å². The van der Waals surface area contributed by atoms with E-state index in [1.807, 2.05) is 0 Å². The van der Waals surface area contributed by atoms with Crippen LogP contribution in [0.3, 0.4) is 0 Å². The maximum absolute atomic E-state index is 3.13. The summed E-state index contributed by atoms with van der Waals surface area (Å²) in [5.41, 5.74) is 3.41. The molecule has 2 heterocycles. The molecule has 3 aliphatic carbocycles. The van der Waals surface area contributed by atoms with E-state index in [1.54, 1.807) is 0 Å². The van der Waals surface area contributed by atoms with Crippen LogP contribution in [0, 0.1) is 71.0 Å². The van der Waals surface area contributed by atoms with Gasteiger partial charge in [-0.05, 0) is 77.1 Å². The fraction of sp³-hybridized carbons (Fsp3) is 0.533. The maximum Gasteiger partial charge on any atom is 2.00 e. The van der Waals surface area contributed by atoms with Gasteiger partial charge in [0.15, 0.2) is 0 Å². The molecule has 175 valence electrons. The molecule has 2 aliphatic heterocycles. The molecule has 0 amide bonds. The Labute approximate surface area is 233 Å². The molecular weight excluding hydrogens is 581 g/mol. The van der Waals surface area contributed by atoms with Crippen LogP contribution in [-0.2, 0) is 36.5 Å². The van der Waals surface area contributed by atoms with Crippen molar-refractivity contribution in [3.63, 3.8) is 0 Å². The van der Waals surface area contributed by atoms with Gasteiger partial charge in [0, 0.05) is 68.8 Å². The molecule has 4 heteroatoms. The first-order valence-corrected chi connectivity index (χ1v) is 14.8. The quantitative estimate of drug-likeness (QED) is 0.178. The minimum atomic E-state index is 0. The van der Waals surface area contributed by atoms with Gasteiger partial charge in [0.2, 0.25) is 10.6 Å². The monoisotopic (exact) mass is 613 g/mol. The largest absolute Gasteiger partial charge is 2.00 e. The van der Waals surface area contributed by atoms with Crippen LogP contribution in [0.5, 0.6) is 0 Å². The molecule has 0 aromatic heterocycles. The molecule has 5 aliphatic rings. The standard InChI is InChI=1S/2C11H12P.C8H8.Fe.Rh/c2*1-9-7-8-10(2)12(9)11-5-3-4-6-11;1-2-4-6-8-7-5-3-1;;/h2*9-10H,7-8H2,1-2H3;1-2,7-8H2;;/q2*+1;;+2;/t2*9-,10-;;;/m11.../s1. The molecule has 0 nitrogen and oxygen atoms in total. The summed E-state index contributed by atoms with van der Waals surface area (Å²) in [6.07, 6.45) is 9.36. The summed E-state index contributed by atoms with van der Waals surface area (Å²) in [7, 11) is 0.00154. The molecule has 1 radical (unpaired) electrons. The smallest absolute Gasteiger partial charge is 0.102 e. The number of rotatable bonds is 0. The predicted octanol–water partition coefficient (Wildman–Crippen LogP) is 6.03. The fourth-order valence-electron chi connectivity index (χ4n) is 4.56. The molecule has 0 N–H and O–H groups in total. The van der Waals surface area contributed by atoms with Crippen molar-refractivity contribution in [3.8, 4) is 71.0 Å². The van der Waals surface area contributed by atoms with E-state index in [-0.39, 0.29) is 51.6 Å². The van der Waals surface area contributed by atoms with Crippen molar-refractivity contribution >= 4 is 25.7 Å². The van der Waals surface area contributed by atoms with Gasteiger partial charge in [0.25, 0.3) is 0 Å². The first-order chi connectivity index (χ1) is 15.6. The second-order valence-electron chi connectivity index (χ2n) is 8.77. The van der Waals surface area contributed by atoms with Crippen molar-refractivity contribution in [1.82, 2.24) is 0 Å². The van der Waals surface area contributed by atoms with Gasteiger partial charge in [-0.25, -0.2) is 0 Å². The van der Waals surface area contributed by atoms with E-state index in [9.17, 15) is 0 Å². The predicted molar refractivity (Wildman–Crippen MR) is 145 cm³/mol. The summed E-state index contributed by atoms with van der Waals surface area (Å²) >= 11 is 0. The Morgan fingerprint density at radius 2 is 0.735 bits per heavy atom. The minimum Gasteiger partial charge on any atom is -0.102 e. The van der Waals surface area contributed by atoms with Crippen LogP contribution >= 0.6 is 15.1 Å². The number of hydrogen-bond acceptors (Lipinski definition) is 0. The van der Waals surface area contributed by atoms with Gasteiger partial charge in [0.05, 0.1) is 0 Å². The van der Waals surface area contributed by atoms with Gasteiger partial charge >= 0.3 is 17.1 Å². The fourth-order valence-corrected chi connectivity index (χ4v) is 10.5. The third kappa shape index (κ3) is 9.13. The summed E-state index contributed by atoms with van der Waals surface area (Å²) in [6.45, 7) is 9.40. The van der Waals surface area contributed by atoms with Crippen LogP contribution in [-0.4, -0.2) is 33.2 Å². The maximum atomic E-state index is 3.13. The Balaban J connectivity index is 0.000000253. The van der Waals surface area contributed by atoms with Crippen molar-refractivity contribution in [2.24, 2.45) is 0 Å². The second kappa shape index (κ2) is 16.5. The first-order valence-electron chi connectivity index (χ1n) is 11.8. The van der Waals surface area contributed by atoms with Gasteiger partial charge in [0.1, 0.15) is 37.7 Å². The molecular formula is C30H32FeP2Rh+4. The van der Waals surface area contributed by atoms with Crippen molar-refractivity contribution in [2.45, 2.75) is 102 Å². The van der Waals surface area contributed by atoms with Crippen molar-refractivity contribution in [2.75, 3.05) is 0 Å². The zero-order valence-corrected chi connectivity index (χ0v) is 25.1. The van der Waals surface area contributed by atoms with Crippen molar-refractivity contribution in [1.29, 1.82) is 0 Å². The normalized spacial score (nSPS) is 25.8. The van der Waals surface area contributed by atoms with Crippen LogP contribution < -0.4 is 0 Å². The zero-order valence-electron chi connectivity index (χ0n) is 20.5. The van der Waals surface area contributed by atoms with Crippen LogP contribution in [0.15, 0.2) is 0 Å². The van der Waals surface area contributed by atoms with E-state index >= 15 is 0 Å². The molecule has 0 unspecified atom stereocenters. The average molecular weight is 613 g/mol. The summed E-state index contributed by atoms with van der Waals surface area (Å²) < 4.78 is 0. The van der Waals surface area contributed by atoms with Gasteiger partial charge in [-0.3, -0.25) is 0 Å². The number of hydrogen-bond donors (Lipinski definition) is 0. The first kappa shape index (κ1) is 30.9. The van der Waals surface area contributed by atoms with E-state index in [0.717, 1.165) is 48.3 Å². The van der Waals surface area contributed by atoms with Gasteiger partial charge in [-0.1, -0.05) is 0 Å². The molecule has 0 bridgehead atoms.